The van der Waals surface area contributed by atoms with Crippen molar-refractivity contribution in [3.8, 4) is 0 Å². The van der Waals surface area contributed by atoms with Gasteiger partial charge in [0.15, 0.2) is 0 Å². The summed E-state index contributed by atoms with van der Waals surface area (Å²) in [7, 11) is -1.70. The molecule has 3 nitrogen and oxygen atoms in total. The average Bonchev–Trinajstić information content (AvgIpc) is 1.82. The Kier molecular flexibility index (Phi) is 3.75. The second-order valence-electron chi connectivity index (χ2n) is 3.67. The Labute approximate surface area is 69.0 Å². The summed E-state index contributed by atoms with van der Waals surface area (Å²) in [6.45, 7) is 8.09. The van der Waals surface area contributed by atoms with E-state index >= 15 is 0 Å². The molecule has 11 heavy (non-hydrogen) atoms. The minimum Gasteiger partial charge on any atom is -0.520 e. The van der Waals surface area contributed by atoms with Crippen LogP contribution in [-0.4, -0.2) is 20.8 Å². The van der Waals surface area contributed by atoms with Crippen molar-refractivity contribution in [2.75, 3.05) is 6.54 Å². The highest BCUT2D eigenvalue weighted by molar-refractivity contribution is 6.71. The van der Waals surface area contributed by atoms with E-state index in [0.717, 1.165) is 0 Å². The van der Waals surface area contributed by atoms with Crippen LogP contribution < -0.4 is 5.73 Å². The normalized spacial score (nSPS) is 14.3. The molecule has 0 aromatic carbocycles. The van der Waals surface area contributed by atoms with E-state index in [1.807, 2.05) is 19.6 Å². The summed E-state index contributed by atoms with van der Waals surface area (Å²) in [5.74, 6) is -0.326. The van der Waals surface area contributed by atoms with Crippen LogP contribution in [0.5, 0.6) is 0 Å². The molecule has 0 spiro atoms. The molecule has 66 valence electrons. The third-order valence-corrected chi connectivity index (χ3v) is 1.98. The van der Waals surface area contributed by atoms with Crippen LogP contribution in [-0.2, 0) is 9.22 Å². The van der Waals surface area contributed by atoms with Gasteiger partial charge >= 0.3 is 0 Å². The standard InChI is InChI=1S/C7H17NO2Si/c1-6(5-8)7(9)10-11(2,3)4/h6H,5,8H2,1-4H3. The van der Waals surface area contributed by atoms with Gasteiger partial charge < -0.3 is 10.2 Å². The van der Waals surface area contributed by atoms with E-state index in [9.17, 15) is 4.79 Å². The van der Waals surface area contributed by atoms with E-state index in [-0.39, 0.29) is 11.9 Å². The lowest BCUT2D eigenvalue weighted by molar-refractivity contribution is -0.138. The molecule has 0 amide bonds. The van der Waals surface area contributed by atoms with Crippen molar-refractivity contribution in [3.05, 3.63) is 0 Å². The monoisotopic (exact) mass is 175 g/mol. The molecule has 0 aliphatic rings. The Morgan fingerprint density at radius 3 is 2.27 bits per heavy atom. The third kappa shape index (κ3) is 4.98. The van der Waals surface area contributed by atoms with Crippen LogP contribution in [0.3, 0.4) is 0 Å². The molecule has 0 aromatic heterocycles. The molecular formula is C7H17NO2Si. The maximum absolute atomic E-state index is 11.1. The minimum absolute atomic E-state index is 0.160. The Bertz CT molecular complexity index is 142. The first-order valence-corrected chi connectivity index (χ1v) is 7.20. The van der Waals surface area contributed by atoms with Crippen molar-refractivity contribution in [3.63, 3.8) is 0 Å². The number of rotatable bonds is 3. The lowest BCUT2D eigenvalue weighted by atomic mass is 10.2. The molecule has 0 rings (SSSR count). The minimum atomic E-state index is -1.70. The van der Waals surface area contributed by atoms with Crippen LogP contribution in [0.15, 0.2) is 0 Å². The molecular weight excluding hydrogens is 158 g/mol. The Balaban J connectivity index is 3.88. The van der Waals surface area contributed by atoms with Crippen molar-refractivity contribution in [1.82, 2.24) is 0 Å². The van der Waals surface area contributed by atoms with Crippen LogP contribution in [0, 0.1) is 5.92 Å². The molecule has 1 unspecified atom stereocenters. The van der Waals surface area contributed by atoms with Gasteiger partial charge in [0, 0.05) is 6.54 Å². The van der Waals surface area contributed by atoms with E-state index in [2.05, 4.69) is 0 Å². The second-order valence-corrected chi connectivity index (χ2v) is 8.10. The predicted octanol–water partition coefficient (Wildman–Crippen LogP) is 0.959. The zero-order chi connectivity index (χ0) is 9.07. The van der Waals surface area contributed by atoms with Crippen LogP contribution in [0.1, 0.15) is 6.92 Å². The summed E-state index contributed by atoms with van der Waals surface area (Å²) >= 11 is 0. The zero-order valence-corrected chi connectivity index (χ0v) is 8.68. The van der Waals surface area contributed by atoms with Gasteiger partial charge in [-0.2, -0.15) is 0 Å². The number of hydrogen-bond acceptors (Lipinski definition) is 3. The maximum Gasteiger partial charge on any atom is 0.296 e. The van der Waals surface area contributed by atoms with Crippen LogP contribution >= 0.6 is 0 Å². The summed E-state index contributed by atoms with van der Waals surface area (Å²) in [6, 6.07) is 0. The van der Waals surface area contributed by atoms with Crippen LogP contribution in [0.25, 0.3) is 0 Å². The molecule has 0 saturated heterocycles. The summed E-state index contributed by atoms with van der Waals surface area (Å²) < 4.78 is 5.21. The second kappa shape index (κ2) is 3.87. The molecule has 2 N–H and O–H groups in total. The van der Waals surface area contributed by atoms with E-state index < -0.39 is 8.32 Å². The van der Waals surface area contributed by atoms with E-state index in [4.69, 9.17) is 10.2 Å². The van der Waals surface area contributed by atoms with Gasteiger partial charge in [-0.3, -0.25) is 4.79 Å². The molecule has 0 aliphatic carbocycles. The predicted molar refractivity (Wildman–Crippen MR) is 47.7 cm³/mol. The van der Waals surface area contributed by atoms with E-state index in [0.29, 0.717) is 6.54 Å². The van der Waals surface area contributed by atoms with Gasteiger partial charge in [0.1, 0.15) is 0 Å². The maximum atomic E-state index is 11.1. The summed E-state index contributed by atoms with van der Waals surface area (Å²) in [6.07, 6.45) is 0. The lowest BCUT2D eigenvalue weighted by Crippen LogP contribution is -2.34. The molecule has 0 bridgehead atoms. The van der Waals surface area contributed by atoms with Gasteiger partial charge in [-0.15, -0.1) is 0 Å². The SMILES string of the molecule is CC(CN)C(=O)O[Si](C)(C)C. The molecule has 0 radical (unpaired) electrons. The Morgan fingerprint density at radius 2 is 2.00 bits per heavy atom. The third-order valence-electron chi connectivity index (χ3n) is 1.16. The molecule has 4 heteroatoms. The highest BCUT2D eigenvalue weighted by Gasteiger charge is 2.22. The Morgan fingerprint density at radius 1 is 1.55 bits per heavy atom. The van der Waals surface area contributed by atoms with E-state index in [1.54, 1.807) is 6.92 Å². The summed E-state index contributed by atoms with van der Waals surface area (Å²) in [5, 5.41) is 0. The number of nitrogens with two attached hydrogens (primary N) is 1. The molecule has 0 fully saturated rings. The van der Waals surface area contributed by atoms with Gasteiger partial charge in [-0.1, -0.05) is 6.92 Å². The molecule has 0 saturated carbocycles. The van der Waals surface area contributed by atoms with Crippen LogP contribution in [0.4, 0.5) is 0 Å². The summed E-state index contributed by atoms with van der Waals surface area (Å²) in [4.78, 5) is 11.1. The first kappa shape index (κ1) is 10.6. The fourth-order valence-corrected chi connectivity index (χ4v) is 1.30. The van der Waals surface area contributed by atoms with Gasteiger partial charge in [0.25, 0.3) is 5.97 Å². The van der Waals surface area contributed by atoms with Crippen LogP contribution in [0.2, 0.25) is 19.6 Å². The molecule has 0 aromatic rings. The lowest BCUT2D eigenvalue weighted by Gasteiger charge is -2.19. The van der Waals surface area contributed by atoms with Gasteiger partial charge in [0.2, 0.25) is 8.32 Å². The smallest absolute Gasteiger partial charge is 0.296 e. The van der Waals surface area contributed by atoms with E-state index in [1.165, 1.54) is 0 Å². The molecule has 1 atom stereocenters. The van der Waals surface area contributed by atoms with Gasteiger partial charge in [-0.25, -0.2) is 0 Å². The van der Waals surface area contributed by atoms with Gasteiger partial charge in [-0.05, 0) is 19.6 Å². The topological polar surface area (TPSA) is 52.3 Å². The zero-order valence-electron chi connectivity index (χ0n) is 7.68. The van der Waals surface area contributed by atoms with Crippen molar-refractivity contribution in [2.45, 2.75) is 26.6 Å². The first-order valence-electron chi connectivity index (χ1n) is 3.79. The van der Waals surface area contributed by atoms with Crippen molar-refractivity contribution < 1.29 is 9.22 Å². The largest absolute Gasteiger partial charge is 0.520 e. The fraction of sp³-hybridized carbons (Fsp3) is 0.857. The fourth-order valence-electron chi connectivity index (χ4n) is 0.499. The quantitative estimate of drug-likeness (QED) is 0.650. The highest BCUT2D eigenvalue weighted by atomic mass is 28.4. The average molecular weight is 175 g/mol. The highest BCUT2D eigenvalue weighted by Crippen LogP contribution is 2.06. The number of hydrogen-bond donors (Lipinski definition) is 1. The molecule has 0 aliphatic heterocycles. The Hall–Kier alpha value is -0.353. The number of carbonyl (C=O) groups is 1. The number of carbonyl (C=O) groups excluding carboxylic acids is 1. The summed E-state index contributed by atoms with van der Waals surface area (Å²) in [5.41, 5.74) is 5.31. The van der Waals surface area contributed by atoms with Crippen molar-refractivity contribution >= 4 is 14.3 Å². The first-order chi connectivity index (χ1) is 4.87. The van der Waals surface area contributed by atoms with Gasteiger partial charge in [0.05, 0.1) is 5.92 Å². The van der Waals surface area contributed by atoms with Crippen molar-refractivity contribution in [2.24, 2.45) is 11.7 Å². The molecule has 0 heterocycles. The van der Waals surface area contributed by atoms with Crippen molar-refractivity contribution in [1.29, 1.82) is 0 Å².